The van der Waals surface area contributed by atoms with Crippen LogP contribution in [0.15, 0.2) is 0 Å². The van der Waals surface area contributed by atoms with E-state index in [2.05, 4.69) is 17.1 Å². The van der Waals surface area contributed by atoms with Gasteiger partial charge in [0.1, 0.15) is 0 Å². The molecule has 0 spiro atoms. The Morgan fingerprint density at radius 2 is 1.83 bits per heavy atom. The molecule has 132 valence electrons. The number of likely N-dealkylation sites (tertiary alicyclic amines) is 2. The fourth-order valence-electron chi connectivity index (χ4n) is 3.59. The molecule has 0 aliphatic carbocycles. The molecule has 6 heteroatoms. The second-order valence-corrected chi connectivity index (χ2v) is 7.28. The number of carbonyl (C=O) groups excluding carboxylic acids is 2. The van der Waals surface area contributed by atoms with E-state index >= 15 is 0 Å². The molecular weight excluding hydrogens is 292 g/mol. The molecule has 0 aromatic carbocycles. The van der Waals surface area contributed by atoms with Crippen LogP contribution in [-0.2, 0) is 4.79 Å². The summed E-state index contributed by atoms with van der Waals surface area (Å²) in [5.74, 6) is 0.992. The Labute approximate surface area is 140 Å². The van der Waals surface area contributed by atoms with Crippen LogP contribution >= 0.6 is 0 Å². The van der Waals surface area contributed by atoms with Crippen molar-refractivity contribution in [3.8, 4) is 0 Å². The number of urea groups is 1. The second kappa shape index (κ2) is 8.52. The van der Waals surface area contributed by atoms with Gasteiger partial charge in [0, 0.05) is 52.7 Å². The molecule has 0 aromatic heterocycles. The van der Waals surface area contributed by atoms with Crippen molar-refractivity contribution in [2.24, 2.45) is 11.8 Å². The van der Waals surface area contributed by atoms with Crippen LogP contribution in [0.25, 0.3) is 0 Å². The van der Waals surface area contributed by atoms with Gasteiger partial charge in [-0.3, -0.25) is 4.79 Å². The molecular formula is C17H32N4O2. The monoisotopic (exact) mass is 324 g/mol. The maximum atomic E-state index is 12.3. The van der Waals surface area contributed by atoms with Crippen LogP contribution in [0.3, 0.4) is 0 Å². The van der Waals surface area contributed by atoms with Crippen molar-refractivity contribution in [2.45, 2.75) is 32.6 Å². The third-order valence-electron chi connectivity index (χ3n) is 4.99. The Morgan fingerprint density at radius 3 is 2.43 bits per heavy atom. The molecule has 0 radical (unpaired) electrons. The van der Waals surface area contributed by atoms with E-state index in [0.29, 0.717) is 13.1 Å². The highest BCUT2D eigenvalue weighted by molar-refractivity contribution is 5.79. The number of amides is 3. The summed E-state index contributed by atoms with van der Waals surface area (Å²) in [6.07, 6.45) is 4.14. The second-order valence-electron chi connectivity index (χ2n) is 7.28. The summed E-state index contributed by atoms with van der Waals surface area (Å²) < 4.78 is 0. The highest BCUT2D eigenvalue weighted by Crippen LogP contribution is 2.18. The largest absolute Gasteiger partial charge is 0.355 e. The summed E-state index contributed by atoms with van der Waals surface area (Å²) in [6, 6.07) is 0.0445. The molecule has 3 amide bonds. The zero-order valence-corrected chi connectivity index (χ0v) is 14.9. The van der Waals surface area contributed by atoms with E-state index in [0.717, 1.165) is 44.9 Å². The number of hydrogen-bond donors (Lipinski definition) is 1. The summed E-state index contributed by atoms with van der Waals surface area (Å²) in [4.78, 5) is 30.0. The summed E-state index contributed by atoms with van der Waals surface area (Å²) in [5, 5.41) is 3.09. The lowest BCUT2D eigenvalue weighted by Gasteiger charge is -2.33. The molecule has 2 heterocycles. The predicted molar refractivity (Wildman–Crippen MR) is 91.2 cm³/mol. The molecule has 6 nitrogen and oxygen atoms in total. The number of piperidine rings is 2. The quantitative estimate of drug-likeness (QED) is 0.846. The van der Waals surface area contributed by atoms with Gasteiger partial charge in [-0.2, -0.15) is 0 Å². The van der Waals surface area contributed by atoms with Crippen LogP contribution in [0.2, 0.25) is 0 Å². The van der Waals surface area contributed by atoms with Crippen LogP contribution in [0.1, 0.15) is 32.6 Å². The Balaban J connectivity index is 1.64. The summed E-state index contributed by atoms with van der Waals surface area (Å²) in [7, 11) is 3.53. The van der Waals surface area contributed by atoms with Crippen LogP contribution < -0.4 is 5.32 Å². The smallest absolute Gasteiger partial charge is 0.319 e. The molecule has 2 aliphatic heterocycles. The van der Waals surface area contributed by atoms with Crippen LogP contribution in [0.5, 0.6) is 0 Å². The zero-order chi connectivity index (χ0) is 16.8. The number of nitrogens with zero attached hydrogens (tertiary/aromatic N) is 3. The van der Waals surface area contributed by atoms with E-state index in [4.69, 9.17) is 0 Å². The fraction of sp³-hybridized carbons (Fsp3) is 0.882. The Hall–Kier alpha value is -1.30. The van der Waals surface area contributed by atoms with Gasteiger partial charge >= 0.3 is 6.03 Å². The average molecular weight is 324 g/mol. The highest BCUT2D eigenvalue weighted by Gasteiger charge is 2.27. The molecule has 1 N–H and O–H groups in total. The molecule has 0 unspecified atom stereocenters. The minimum Gasteiger partial charge on any atom is -0.355 e. The minimum atomic E-state index is 0.0445. The van der Waals surface area contributed by atoms with Crippen molar-refractivity contribution in [2.75, 3.05) is 53.4 Å². The predicted octanol–water partition coefficient (Wildman–Crippen LogP) is 1.23. The topological polar surface area (TPSA) is 55.9 Å². The molecule has 2 saturated heterocycles. The first-order chi connectivity index (χ1) is 11.0. The lowest BCUT2D eigenvalue weighted by Crippen LogP contribution is -2.47. The number of carbonyl (C=O) groups is 2. The molecule has 0 bridgehead atoms. The summed E-state index contributed by atoms with van der Waals surface area (Å²) in [6.45, 7) is 7.66. The fourth-order valence-corrected chi connectivity index (χ4v) is 3.59. The Morgan fingerprint density at radius 1 is 1.13 bits per heavy atom. The standard InChI is InChI=1S/C17H32N4O2/c1-14-5-4-9-20(13-14)12-8-18-16(22)15-6-10-21(11-7-15)17(23)19(2)3/h14-15H,4-13H2,1-3H3,(H,18,22)/t14-/m1/s1. The van der Waals surface area contributed by atoms with E-state index in [9.17, 15) is 9.59 Å². The van der Waals surface area contributed by atoms with Crippen LogP contribution in [-0.4, -0.2) is 80.0 Å². The van der Waals surface area contributed by atoms with Crippen LogP contribution in [0.4, 0.5) is 4.79 Å². The van der Waals surface area contributed by atoms with Gasteiger partial charge in [0.15, 0.2) is 0 Å². The maximum absolute atomic E-state index is 12.3. The van der Waals surface area contributed by atoms with E-state index in [1.807, 2.05) is 4.90 Å². The number of rotatable bonds is 4. The van der Waals surface area contributed by atoms with Crippen molar-refractivity contribution >= 4 is 11.9 Å². The first kappa shape index (κ1) is 18.0. The van der Waals surface area contributed by atoms with Crippen molar-refractivity contribution < 1.29 is 9.59 Å². The first-order valence-corrected chi connectivity index (χ1v) is 8.93. The number of nitrogens with one attached hydrogen (secondary N) is 1. The van der Waals surface area contributed by atoms with Crippen molar-refractivity contribution in [3.05, 3.63) is 0 Å². The van der Waals surface area contributed by atoms with Gasteiger partial charge in [0.2, 0.25) is 5.91 Å². The molecule has 0 aromatic rings. The summed E-state index contributed by atoms with van der Waals surface area (Å²) >= 11 is 0. The average Bonchev–Trinajstić information content (AvgIpc) is 2.54. The third kappa shape index (κ3) is 5.37. The molecule has 23 heavy (non-hydrogen) atoms. The van der Waals surface area contributed by atoms with Crippen molar-refractivity contribution in [1.82, 2.24) is 20.0 Å². The zero-order valence-electron chi connectivity index (χ0n) is 14.9. The Bertz CT molecular complexity index is 405. The highest BCUT2D eigenvalue weighted by atomic mass is 16.2. The lowest BCUT2D eigenvalue weighted by molar-refractivity contribution is -0.126. The van der Waals surface area contributed by atoms with Crippen LogP contribution in [0, 0.1) is 11.8 Å². The lowest BCUT2D eigenvalue weighted by atomic mass is 9.96. The van der Waals surface area contributed by atoms with Gasteiger partial charge in [0.25, 0.3) is 0 Å². The Kier molecular flexibility index (Phi) is 6.69. The molecule has 0 saturated carbocycles. The molecule has 2 aliphatic rings. The summed E-state index contributed by atoms with van der Waals surface area (Å²) in [5.41, 5.74) is 0. The van der Waals surface area contributed by atoms with Gasteiger partial charge in [-0.05, 0) is 38.1 Å². The van der Waals surface area contributed by atoms with E-state index in [1.165, 1.54) is 12.8 Å². The SMILES string of the molecule is C[C@@H]1CCCN(CCNC(=O)C2CCN(C(=O)N(C)C)CC2)C1. The normalized spacial score (nSPS) is 23.6. The number of hydrogen-bond acceptors (Lipinski definition) is 3. The first-order valence-electron chi connectivity index (χ1n) is 8.93. The van der Waals surface area contributed by atoms with Gasteiger partial charge < -0.3 is 20.0 Å². The van der Waals surface area contributed by atoms with Gasteiger partial charge in [-0.1, -0.05) is 6.92 Å². The van der Waals surface area contributed by atoms with E-state index in [1.54, 1.807) is 19.0 Å². The van der Waals surface area contributed by atoms with Crippen molar-refractivity contribution in [3.63, 3.8) is 0 Å². The van der Waals surface area contributed by atoms with E-state index in [-0.39, 0.29) is 17.9 Å². The van der Waals surface area contributed by atoms with Gasteiger partial charge in [-0.25, -0.2) is 4.79 Å². The van der Waals surface area contributed by atoms with E-state index < -0.39 is 0 Å². The third-order valence-corrected chi connectivity index (χ3v) is 4.99. The minimum absolute atomic E-state index is 0.0445. The van der Waals surface area contributed by atoms with Gasteiger partial charge in [0.05, 0.1) is 0 Å². The maximum Gasteiger partial charge on any atom is 0.319 e. The van der Waals surface area contributed by atoms with Gasteiger partial charge in [-0.15, -0.1) is 0 Å². The molecule has 1 atom stereocenters. The van der Waals surface area contributed by atoms with Crippen molar-refractivity contribution in [1.29, 1.82) is 0 Å². The molecule has 2 fully saturated rings. The molecule has 2 rings (SSSR count).